The van der Waals surface area contributed by atoms with Crippen LogP contribution in [0.15, 0.2) is 23.3 Å². The molecule has 2 rings (SSSR count). The lowest BCUT2D eigenvalue weighted by atomic mass is 10.1. The Morgan fingerprint density at radius 3 is 2.96 bits per heavy atom. The molecule has 1 aromatic carbocycles. The van der Waals surface area contributed by atoms with Crippen LogP contribution in [-0.2, 0) is 13.9 Å². The van der Waals surface area contributed by atoms with Gasteiger partial charge in [-0.2, -0.15) is 4.28 Å². The molecule has 0 aromatic heterocycles. The highest BCUT2D eigenvalue weighted by molar-refractivity contribution is 7.98. The maximum atomic E-state index is 10.9. The van der Waals surface area contributed by atoms with Gasteiger partial charge in [0.15, 0.2) is 0 Å². The van der Waals surface area contributed by atoms with Crippen LogP contribution >= 0.6 is 23.6 Å². The number of nitrogens with one attached hydrogen (secondary N) is 1. The summed E-state index contributed by atoms with van der Waals surface area (Å²) in [5.41, 5.74) is 2.43. The molecule has 2 N–H and O–H groups in total. The molecule has 1 aliphatic rings. The molecule has 1 saturated heterocycles. The van der Waals surface area contributed by atoms with Crippen molar-refractivity contribution in [2.24, 2.45) is 0 Å². The van der Waals surface area contributed by atoms with Gasteiger partial charge in [-0.25, -0.2) is 5.48 Å². The number of unbranched alkanes of at least 4 members (excludes halogenated alkanes) is 3. The van der Waals surface area contributed by atoms with Gasteiger partial charge >= 0.3 is 0 Å². The Morgan fingerprint density at radius 2 is 2.20 bits per heavy atom. The molecule has 0 bridgehead atoms. The van der Waals surface area contributed by atoms with Gasteiger partial charge in [0.05, 0.1) is 30.7 Å². The molecule has 1 aliphatic heterocycles. The van der Waals surface area contributed by atoms with Crippen LogP contribution in [0.4, 0.5) is 0 Å². The Labute approximate surface area is 155 Å². The van der Waals surface area contributed by atoms with Gasteiger partial charge in [-0.3, -0.25) is 10.0 Å². The lowest BCUT2D eigenvalue weighted by molar-refractivity contribution is -0.259. The predicted octanol–water partition coefficient (Wildman–Crippen LogP) is 3.93. The van der Waals surface area contributed by atoms with Gasteiger partial charge in [0.25, 0.3) is 0 Å². The van der Waals surface area contributed by atoms with E-state index < -0.39 is 0 Å². The van der Waals surface area contributed by atoms with E-state index in [1.165, 1.54) is 5.23 Å². The highest BCUT2D eigenvalue weighted by Gasteiger charge is 2.21. The third-order valence-corrected chi connectivity index (χ3v) is 4.38. The van der Waals surface area contributed by atoms with Gasteiger partial charge in [-0.15, -0.1) is 0 Å². The highest BCUT2D eigenvalue weighted by Crippen LogP contribution is 2.35. The van der Waals surface area contributed by atoms with Crippen molar-refractivity contribution in [3.63, 3.8) is 0 Å². The average Bonchev–Trinajstić information content (AvgIpc) is 3.05. The van der Waals surface area contributed by atoms with Gasteiger partial charge < -0.3 is 9.57 Å². The summed E-state index contributed by atoms with van der Waals surface area (Å²) in [5.74, 6) is 0.236. The largest absolute Gasteiger partial charge is 0.495 e. The Morgan fingerprint density at radius 1 is 1.40 bits per heavy atom. The maximum Gasteiger partial charge on any atom is 0.243 e. The fourth-order valence-electron chi connectivity index (χ4n) is 2.26. The van der Waals surface area contributed by atoms with E-state index in [2.05, 4.69) is 0 Å². The Bertz CT molecular complexity index is 614. The Hall–Kier alpha value is -1.45. The summed E-state index contributed by atoms with van der Waals surface area (Å²) in [6, 6.07) is 5.48. The topological polar surface area (TPSA) is 80.3 Å². The van der Waals surface area contributed by atoms with Crippen LogP contribution in [0.25, 0.3) is 6.08 Å². The first-order valence-electron chi connectivity index (χ1n) is 7.91. The van der Waals surface area contributed by atoms with E-state index in [9.17, 15) is 4.79 Å². The zero-order chi connectivity index (χ0) is 18.1. The second-order valence-corrected chi connectivity index (χ2v) is 6.46. The fourth-order valence-corrected chi connectivity index (χ4v) is 3.07. The quantitative estimate of drug-likeness (QED) is 0.287. The van der Waals surface area contributed by atoms with Crippen molar-refractivity contribution in [3.05, 3.63) is 33.9 Å². The average molecular weight is 389 g/mol. The molecule has 138 valence electrons. The zero-order valence-electron chi connectivity index (χ0n) is 13.9. The number of carbonyl (C=O) groups excluding carboxylic acids is 1. The number of benzene rings is 1. The van der Waals surface area contributed by atoms with E-state index in [4.69, 9.17) is 30.7 Å². The first-order chi connectivity index (χ1) is 12.1. The molecule has 0 radical (unpaired) electrons. The molecule has 0 saturated carbocycles. The van der Waals surface area contributed by atoms with Crippen LogP contribution in [0.2, 0.25) is 5.02 Å². The lowest BCUT2D eigenvalue weighted by Gasteiger charge is -2.10. The second kappa shape index (κ2) is 10.5. The fraction of sp³-hybridized carbons (Fsp3) is 0.438. The number of para-hydroxylation sites is 1. The van der Waals surface area contributed by atoms with Crippen LogP contribution < -0.4 is 10.2 Å². The molecular formula is C16H21ClN2O5S. The molecule has 0 aliphatic carbocycles. The lowest BCUT2D eigenvalue weighted by Crippen LogP contribution is -2.18. The number of halogens is 1. The van der Waals surface area contributed by atoms with E-state index in [0.29, 0.717) is 28.8 Å². The normalized spacial score (nSPS) is 16.0. The molecular weight excluding hydrogens is 368 g/mol. The van der Waals surface area contributed by atoms with Crippen molar-refractivity contribution in [3.8, 4) is 5.75 Å². The van der Waals surface area contributed by atoms with Crippen LogP contribution in [0.5, 0.6) is 5.75 Å². The number of methoxy groups -OCH3 is 1. The SMILES string of the molecule is COc1c(Cl)cccc1C=C1ON(CCCCCCC(=O)NO)OS1. The summed E-state index contributed by atoms with van der Waals surface area (Å²) in [5, 5.41) is 11.0. The van der Waals surface area contributed by atoms with Crippen molar-refractivity contribution in [1.29, 1.82) is 0 Å². The van der Waals surface area contributed by atoms with E-state index >= 15 is 0 Å². The molecule has 1 amide bonds. The smallest absolute Gasteiger partial charge is 0.243 e. The van der Waals surface area contributed by atoms with Crippen molar-refractivity contribution >= 4 is 35.6 Å². The zero-order valence-corrected chi connectivity index (χ0v) is 15.4. The minimum Gasteiger partial charge on any atom is -0.495 e. The molecule has 1 heterocycles. The van der Waals surface area contributed by atoms with Crippen LogP contribution in [-0.4, -0.2) is 30.0 Å². The van der Waals surface area contributed by atoms with E-state index in [-0.39, 0.29) is 5.91 Å². The van der Waals surface area contributed by atoms with Gasteiger partial charge in [0, 0.05) is 18.1 Å². The van der Waals surface area contributed by atoms with E-state index in [1.54, 1.807) is 18.7 Å². The van der Waals surface area contributed by atoms with Crippen molar-refractivity contribution in [2.75, 3.05) is 13.7 Å². The molecule has 0 unspecified atom stereocenters. The minimum atomic E-state index is -0.353. The Kier molecular flexibility index (Phi) is 8.36. The molecule has 7 nitrogen and oxygen atoms in total. The molecule has 9 heteroatoms. The number of ether oxygens (including phenoxy) is 1. The second-order valence-electron chi connectivity index (χ2n) is 5.33. The van der Waals surface area contributed by atoms with E-state index in [1.807, 2.05) is 18.2 Å². The number of carbonyl (C=O) groups is 1. The number of hydrogen-bond acceptors (Lipinski definition) is 7. The number of amides is 1. The number of rotatable bonds is 9. The van der Waals surface area contributed by atoms with Crippen molar-refractivity contribution in [2.45, 2.75) is 32.1 Å². The van der Waals surface area contributed by atoms with Crippen LogP contribution in [0.3, 0.4) is 0 Å². The summed E-state index contributed by atoms with van der Waals surface area (Å²) in [7, 11) is 1.57. The number of hydrogen-bond donors (Lipinski definition) is 2. The molecule has 0 atom stereocenters. The molecule has 1 aromatic rings. The third-order valence-electron chi connectivity index (χ3n) is 3.49. The molecule has 25 heavy (non-hydrogen) atoms. The molecule has 1 fully saturated rings. The standard InChI is InChI=1S/C16H21ClN2O5S/c1-22-16-12(7-6-8-13(16)17)11-15-23-19(24-25-15)10-5-3-2-4-9-14(20)18-21/h6-8,11,21H,2-5,9-10H2,1H3,(H,18,20). The maximum absolute atomic E-state index is 10.9. The van der Waals surface area contributed by atoms with Gasteiger partial charge in [0.1, 0.15) is 5.75 Å². The summed E-state index contributed by atoms with van der Waals surface area (Å²) in [4.78, 5) is 16.5. The predicted molar refractivity (Wildman–Crippen MR) is 95.5 cm³/mol. The molecule has 0 spiro atoms. The van der Waals surface area contributed by atoms with Crippen LogP contribution in [0, 0.1) is 0 Å². The summed E-state index contributed by atoms with van der Waals surface area (Å²) in [6.07, 6.45) is 5.59. The van der Waals surface area contributed by atoms with Gasteiger partial charge in [-0.05, 0) is 24.1 Å². The minimum absolute atomic E-state index is 0.331. The third kappa shape index (κ3) is 6.41. The highest BCUT2D eigenvalue weighted by atomic mass is 35.5. The monoisotopic (exact) mass is 388 g/mol. The van der Waals surface area contributed by atoms with Gasteiger partial charge in [-0.1, -0.05) is 36.6 Å². The number of hydroxylamine groups is 3. The van der Waals surface area contributed by atoms with Crippen molar-refractivity contribution in [1.82, 2.24) is 10.7 Å². The first kappa shape index (κ1) is 19.9. The van der Waals surface area contributed by atoms with Gasteiger partial charge in [0.2, 0.25) is 11.0 Å². The summed E-state index contributed by atoms with van der Waals surface area (Å²) >= 11 is 7.23. The summed E-state index contributed by atoms with van der Waals surface area (Å²) in [6.45, 7) is 0.614. The van der Waals surface area contributed by atoms with E-state index in [0.717, 1.165) is 43.3 Å². The van der Waals surface area contributed by atoms with Crippen LogP contribution in [0.1, 0.15) is 37.7 Å². The first-order valence-corrected chi connectivity index (χ1v) is 9.03. The Balaban J connectivity index is 1.73. The summed E-state index contributed by atoms with van der Waals surface area (Å²) < 4.78 is 10.7. The number of nitrogens with zero attached hydrogens (tertiary/aromatic N) is 1. The van der Waals surface area contributed by atoms with Crippen molar-refractivity contribution < 1.29 is 23.9 Å².